The number of hydrogen-bond acceptors (Lipinski definition) is 3. The van der Waals surface area contributed by atoms with Gasteiger partial charge in [-0.05, 0) is 55.7 Å². The third kappa shape index (κ3) is 2.16. The van der Waals surface area contributed by atoms with E-state index in [1.54, 1.807) is 12.1 Å². The first-order chi connectivity index (χ1) is 9.77. The summed E-state index contributed by atoms with van der Waals surface area (Å²) in [5, 5.41) is 10.4. The van der Waals surface area contributed by atoms with E-state index in [4.69, 9.17) is 0 Å². The number of rotatable bonds is 2. The van der Waals surface area contributed by atoms with Crippen LogP contribution in [0.4, 0.5) is 0 Å². The fourth-order valence-corrected chi connectivity index (χ4v) is 3.98. The molecule has 0 aliphatic heterocycles. The molecule has 0 bridgehead atoms. The zero-order valence-corrected chi connectivity index (χ0v) is 11.8. The smallest absolute Gasteiger partial charge is 0.235 e. The van der Waals surface area contributed by atoms with Crippen molar-refractivity contribution in [3.63, 3.8) is 0 Å². The molecule has 1 aromatic rings. The van der Waals surface area contributed by atoms with Crippen LogP contribution in [0.1, 0.15) is 61.6 Å². The van der Waals surface area contributed by atoms with E-state index in [1.807, 2.05) is 6.07 Å². The maximum absolute atomic E-state index is 10.9. The van der Waals surface area contributed by atoms with Gasteiger partial charge in [-0.3, -0.25) is 0 Å². The average Bonchev–Trinajstić information content (AvgIpc) is 2.77. The van der Waals surface area contributed by atoms with Crippen molar-refractivity contribution in [1.29, 1.82) is 0 Å². The van der Waals surface area contributed by atoms with Crippen molar-refractivity contribution in [2.45, 2.75) is 63.3 Å². The molecule has 0 saturated heterocycles. The Kier molecular flexibility index (Phi) is 3.62. The number of benzene rings is 1. The van der Waals surface area contributed by atoms with Crippen LogP contribution >= 0.6 is 0 Å². The summed E-state index contributed by atoms with van der Waals surface area (Å²) in [5.41, 5.74) is 3.01. The Morgan fingerprint density at radius 3 is 2.55 bits per heavy atom. The zero-order chi connectivity index (χ0) is 14.0. The van der Waals surface area contributed by atoms with Gasteiger partial charge in [-0.15, -0.1) is 0 Å². The Morgan fingerprint density at radius 1 is 1.05 bits per heavy atom. The van der Waals surface area contributed by atoms with Gasteiger partial charge < -0.3 is 5.11 Å². The van der Waals surface area contributed by atoms with Crippen LogP contribution in [-0.2, 0) is 23.2 Å². The number of aliphatic imine (C=N–C) groups is 1. The van der Waals surface area contributed by atoms with Crippen LogP contribution in [0.2, 0.25) is 0 Å². The molecule has 0 heterocycles. The predicted octanol–water partition coefficient (Wildman–Crippen LogP) is 3.77. The lowest BCUT2D eigenvalue weighted by Gasteiger charge is -2.28. The largest absolute Gasteiger partial charge is 0.508 e. The van der Waals surface area contributed by atoms with Crippen LogP contribution in [0.5, 0.6) is 5.75 Å². The van der Waals surface area contributed by atoms with E-state index in [-0.39, 0.29) is 0 Å². The van der Waals surface area contributed by atoms with E-state index in [9.17, 15) is 9.90 Å². The normalized spacial score (nSPS) is 20.8. The number of hydrogen-bond donors (Lipinski definition) is 1. The summed E-state index contributed by atoms with van der Waals surface area (Å²) in [6.07, 6.45) is 11.3. The summed E-state index contributed by atoms with van der Waals surface area (Å²) in [5.74, 6) is 0.312. The highest BCUT2D eigenvalue weighted by molar-refractivity contribution is 5.51. The van der Waals surface area contributed by atoms with Crippen molar-refractivity contribution in [2.75, 3.05) is 0 Å². The molecule has 3 rings (SSSR count). The topological polar surface area (TPSA) is 49.7 Å². The zero-order valence-electron chi connectivity index (χ0n) is 11.8. The van der Waals surface area contributed by atoms with Gasteiger partial charge in [0.1, 0.15) is 11.3 Å². The summed E-state index contributed by atoms with van der Waals surface area (Å²) in [4.78, 5) is 15.1. The van der Waals surface area contributed by atoms with E-state index < -0.39 is 5.54 Å². The van der Waals surface area contributed by atoms with Gasteiger partial charge in [-0.25, -0.2) is 4.79 Å². The predicted molar refractivity (Wildman–Crippen MR) is 77.6 cm³/mol. The number of aromatic hydroxyl groups is 1. The second kappa shape index (κ2) is 5.41. The van der Waals surface area contributed by atoms with Gasteiger partial charge in [-0.2, -0.15) is 4.99 Å². The highest BCUT2D eigenvalue weighted by Crippen LogP contribution is 2.48. The molecule has 0 radical (unpaired) electrons. The Hall–Kier alpha value is -1.60. The van der Waals surface area contributed by atoms with Crippen LogP contribution < -0.4 is 0 Å². The van der Waals surface area contributed by atoms with Gasteiger partial charge in [0.05, 0.1) is 0 Å². The molecule has 0 spiro atoms. The minimum atomic E-state index is -0.512. The number of carbonyl (C=O) groups excluding carboxylic acids is 1. The van der Waals surface area contributed by atoms with Crippen molar-refractivity contribution >= 4 is 6.08 Å². The molecule has 1 saturated carbocycles. The van der Waals surface area contributed by atoms with Crippen molar-refractivity contribution in [3.8, 4) is 5.75 Å². The molecule has 0 amide bonds. The first kappa shape index (κ1) is 13.4. The minimum Gasteiger partial charge on any atom is -0.508 e. The third-order valence-electron chi connectivity index (χ3n) is 4.92. The fraction of sp³-hybridized carbons (Fsp3) is 0.588. The first-order valence-electron chi connectivity index (χ1n) is 7.70. The van der Waals surface area contributed by atoms with Gasteiger partial charge in [0.2, 0.25) is 6.08 Å². The number of isocyanates is 1. The first-order valence-corrected chi connectivity index (χ1v) is 7.70. The van der Waals surface area contributed by atoms with E-state index >= 15 is 0 Å². The molecule has 1 fully saturated rings. The van der Waals surface area contributed by atoms with Crippen LogP contribution in [-0.4, -0.2) is 11.2 Å². The molecule has 3 heteroatoms. The average molecular weight is 271 g/mol. The van der Waals surface area contributed by atoms with E-state index in [2.05, 4.69) is 4.99 Å². The lowest BCUT2D eigenvalue weighted by Crippen LogP contribution is -2.22. The maximum atomic E-state index is 10.9. The molecule has 1 aromatic carbocycles. The summed E-state index contributed by atoms with van der Waals surface area (Å²) in [6, 6.07) is 3.84. The van der Waals surface area contributed by atoms with E-state index in [1.165, 1.54) is 24.0 Å². The molecule has 2 aliphatic rings. The second-order valence-electron chi connectivity index (χ2n) is 6.10. The van der Waals surface area contributed by atoms with Gasteiger partial charge >= 0.3 is 0 Å². The molecular weight excluding hydrogens is 250 g/mol. The molecule has 0 unspecified atom stereocenters. The number of aryl methyl sites for hydroxylation is 1. The number of phenols is 1. The standard InChI is InChI=1S/C17H21NO2/c19-12-18-17(10-4-5-11-17)16-14-7-3-1-2-6-13(14)8-9-15(16)20/h8-9,20H,1-7,10-11H2. The Morgan fingerprint density at radius 2 is 1.80 bits per heavy atom. The maximum Gasteiger partial charge on any atom is 0.235 e. The summed E-state index contributed by atoms with van der Waals surface area (Å²) < 4.78 is 0. The fourth-order valence-electron chi connectivity index (χ4n) is 3.98. The van der Waals surface area contributed by atoms with Crippen LogP contribution in [0.15, 0.2) is 17.1 Å². The summed E-state index contributed by atoms with van der Waals surface area (Å²) in [6.45, 7) is 0. The number of phenolic OH excluding ortho intramolecular Hbond substituents is 1. The quantitative estimate of drug-likeness (QED) is 0.505. The van der Waals surface area contributed by atoms with Crippen molar-refractivity contribution in [3.05, 3.63) is 28.8 Å². The monoisotopic (exact) mass is 271 g/mol. The molecule has 3 nitrogen and oxygen atoms in total. The Labute approximate surface area is 119 Å². The van der Waals surface area contributed by atoms with Crippen molar-refractivity contribution < 1.29 is 9.90 Å². The molecule has 2 aliphatic carbocycles. The minimum absolute atomic E-state index is 0.312. The second-order valence-corrected chi connectivity index (χ2v) is 6.10. The molecule has 1 N–H and O–H groups in total. The van der Waals surface area contributed by atoms with Crippen LogP contribution in [0.25, 0.3) is 0 Å². The Bertz CT molecular complexity index is 552. The van der Waals surface area contributed by atoms with Crippen molar-refractivity contribution in [1.82, 2.24) is 0 Å². The van der Waals surface area contributed by atoms with Crippen LogP contribution in [0, 0.1) is 0 Å². The Balaban J connectivity index is 2.18. The summed E-state index contributed by atoms with van der Waals surface area (Å²) >= 11 is 0. The van der Waals surface area contributed by atoms with Crippen molar-refractivity contribution in [2.24, 2.45) is 4.99 Å². The highest BCUT2D eigenvalue weighted by atomic mass is 16.3. The lowest BCUT2D eigenvalue weighted by atomic mass is 9.81. The summed E-state index contributed by atoms with van der Waals surface area (Å²) in [7, 11) is 0. The number of nitrogens with zero attached hydrogens (tertiary/aromatic N) is 1. The number of fused-ring (bicyclic) bond motifs is 1. The highest BCUT2D eigenvalue weighted by Gasteiger charge is 2.40. The molecular formula is C17H21NO2. The lowest BCUT2D eigenvalue weighted by molar-refractivity contribution is 0.404. The SMILES string of the molecule is O=C=NC1(c2c(O)ccc3c2CCCCC3)CCCC1. The molecule has 20 heavy (non-hydrogen) atoms. The molecule has 106 valence electrons. The molecule has 0 atom stereocenters. The van der Waals surface area contributed by atoms with Crippen LogP contribution in [0.3, 0.4) is 0 Å². The van der Waals surface area contributed by atoms with E-state index in [0.717, 1.165) is 50.5 Å². The third-order valence-corrected chi connectivity index (χ3v) is 4.92. The van der Waals surface area contributed by atoms with Gasteiger partial charge in [-0.1, -0.05) is 25.3 Å². The van der Waals surface area contributed by atoms with Gasteiger partial charge in [0.15, 0.2) is 0 Å². The van der Waals surface area contributed by atoms with Gasteiger partial charge in [0, 0.05) is 5.56 Å². The van der Waals surface area contributed by atoms with E-state index in [0.29, 0.717) is 5.75 Å². The molecule has 0 aromatic heterocycles. The van der Waals surface area contributed by atoms with Gasteiger partial charge in [0.25, 0.3) is 0 Å².